The number of fused-ring (bicyclic) bond motifs is 1. The van der Waals surface area contributed by atoms with Gasteiger partial charge in [0.2, 0.25) is 0 Å². The zero-order valence-corrected chi connectivity index (χ0v) is 19.4. The summed E-state index contributed by atoms with van der Waals surface area (Å²) >= 11 is 0. The molecule has 0 saturated carbocycles. The van der Waals surface area contributed by atoms with Gasteiger partial charge in [0.25, 0.3) is 5.91 Å². The summed E-state index contributed by atoms with van der Waals surface area (Å²) in [5, 5.41) is 13.0. The van der Waals surface area contributed by atoms with E-state index in [9.17, 15) is 4.79 Å². The van der Waals surface area contributed by atoms with E-state index in [0.29, 0.717) is 6.54 Å². The number of amides is 1. The number of rotatable bonds is 5. The number of nitrogens with zero attached hydrogens (tertiary/aromatic N) is 6. The number of likely N-dealkylation sites (tertiary alicyclic amines) is 1. The van der Waals surface area contributed by atoms with E-state index in [-0.39, 0.29) is 11.8 Å². The molecule has 6 rings (SSSR count). The van der Waals surface area contributed by atoms with Gasteiger partial charge in [0.15, 0.2) is 5.65 Å². The predicted molar refractivity (Wildman–Crippen MR) is 134 cm³/mol. The number of hydrogen-bond acceptors (Lipinski definition) is 4. The van der Waals surface area contributed by atoms with E-state index in [2.05, 4.69) is 39.6 Å². The first-order valence-corrected chi connectivity index (χ1v) is 12.0. The molecule has 1 amide bonds. The normalized spacial score (nSPS) is 16.0. The van der Waals surface area contributed by atoms with Crippen LogP contribution in [-0.4, -0.2) is 48.3 Å². The zero-order valence-electron chi connectivity index (χ0n) is 19.4. The lowest BCUT2D eigenvalue weighted by Crippen LogP contribution is -2.39. The number of aromatic nitrogens is 5. The molecule has 7 nitrogen and oxygen atoms in total. The largest absolute Gasteiger partial charge is 0.338 e. The maximum absolute atomic E-state index is 13.7. The van der Waals surface area contributed by atoms with Crippen LogP contribution < -0.4 is 0 Å². The van der Waals surface area contributed by atoms with E-state index in [0.717, 1.165) is 54.1 Å². The summed E-state index contributed by atoms with van der Waals surface area (Å²) < 4.78 is 3.94. The first kappa shape index (κ1) is 21.3. The molecule has 3 aromatic heterocycles. The number of piperidine rings is 1. The Morgan fingerprint density at radius 3 is 2.63 bits per heavy atom. The van der Waals surface area contributed by atoms with Gasteiger partial charge >= 0.3 is 0 Å². The predicted octanol–water partition coefficient (Wildman–Crippen LogP) is 4.66. The molecule has 4 heterocycles. The molecule has 35 heavy (non-hydrogen) atoms. The molecule has 0 N–H and O–H groups in total. The summed E-state index contributed by atoms with van der Waals surface area (Å²) in [6, 6.07) is 24.1. The van der Waals surface area contributed by atoms with Gasteiger partial charge in [0.1, 0.15) is 5.82 Å². The SMILES string of the molecule is O=C(c1ccccc1-c1ccc(Cn2cccn2)cc1)N1CCCC(c2nnc3ccccn23)C1. The number of carbonyl (C=O) groups is 1. The van der Waals surface area contributed by atoms with Gasteiger partial charge in [-0.25, -0.2) is 0 Å². The highest BCUT2D eigenvalue weighted by Crippen LogP contribution is 2.30. The van der Waals surface area contributed by atoms with Crippen molar-refractivity contribution in [2.24, 2.45) is 0 Å². The standard InChI is InChI=1S/C28H26N6O/c35-28(32-16-5-7-23(20-32)27-31-30-26-10-3-4-18-34(26)27)25-9-2-1-8-24(25)22-13-11-21(12-14-22)19-33-17-6-15-29-33/h1-4,6,8-15,17-18,23H,5,7,16,19-20H2. The van der Waals surface area contributed by atoms with Gasteiger partial charge in [-0.1, -0.05) is 48.5 Å². The van der Waals surface area contributed by atoms with Crippen molar-refractivity contribution in [2.75, 3.05) is 13.1 Å². The Kier molecular flexibility index (Phi) is 5.58. The molecule has 1 aliphatic heterocycles. The number of hydrogen-bond donors (Lipinski definition) is 0. The lowest BCUT2D eigenvalue weighted by Gasteiger charge is -2.32. The van der Waals surface area contributed by atoms with E-state index < -0.39 is 0 Å². The minimum absolute atomic E-state index is 0.0692. The van der Waals surface area contributed by atoms with Crippen LogP contribution in [0.1, 0.15) is 40.5 Å². The second kappa shape index (κ2) is 9.18. The molecule has 0 aliphatic carbocycles. The van der Waals surface area contributed by atoms with E-state index in [4.69, 9.17) is 0 Å². The average molecular weight is 463 g/mol. The highest BCUT2D eigenvalue weighted by Gasteiger charge is 2.29. The fourth-order valence-corrected chi connectivity index (χ4v) is 4.97. The lowest BCUT2D eigenvalue weighted by molar-refractivity contribution is 0.0705. The lowest BCUT2D eigenvalue weighted by atomic mass is 9.94. The number of pyridine rings is 1. The van der Waals surface area contributed by atoms with Gasteiger partial charge in [0.05, 0.1) is 6.54 Å². The number of carbonyl (C=O) groups excluding carboxylic acids is 1. The molecule has 7 heteroatoms. The van der Waals surface area contributed by atoms with Crippen molar-refractivity contribution in [3.05, 3.63) is 108 Å². The van der Waals surface area contributed by atoms with Crippen LogP contribution in [0.3, 0.4) is 0 Å². The second-order valence-corrected chi connectivity index (χ2v) is 9.02. The van der Waals surface area contributed by atoms with Crippen molar-refractivity contribution in [3.63, 3.8) is 0 Å². The summed E-state index contributed by atoms with van der Waals surface area (Å²) in [7, 11) is 0. The summed E-state index contributed by atoms with van der Waals surface area (Å²) in [6.07, 6.45) is 7.68. The molecule has 0 bridgehead atoms. The van der Waals surface area contributed by atoms with Crippen LogP contribution in [0.25, 0.3) is 16.8 Å². The molecule has 1 atom stereocenters. The van der Waals surface area contributed by atoms with Gasteiger partial charge in [-0.2, -0.15) is 5.10 Å². The maximum Gasteiger partial charge on any atom is 0.254 e. The highest BCUT2D eigenvalue weighted by molar-refractivity contribution is 6.01. The zero-order chi connectivity index (χ0) is 23.6. The van der Waals surface area contributed by atoms with E-state index in [1.54, 1.807) is 6.20 Å². The fraction of sp³-hybridized carbons (Fsp3) is 0.214. The van der Waals surface area contributed by atoms with Crippen LogP contribution in [0.4, 0.5) is 0 Å². The van der Waals surface area contributed by atoms with Crippen molar-refractivity contribution in [2.45, 2.75) is 25.3 Å². The Hall–Kier alpha value is -4.26. The monoisotopic (exact) mass is 462 g/mol. The Morgan fingerprint density at radius 1 is 0.914 bits per heavy atom. The third-order valence-corrected chi connectivity index (χ3v) is 6.74. The molecular weight excluding hydrogens is 436 g/mol. The van der Waals surface area contributed by atoms with Crippen molar-refractivity contribution >= 4 is 11.6 Å². The van der Waals surface area contributed by atoms with Crippen molar-refractivity contribution < 1.29 is 4.79 Å². The third-order valence-electron chi connectivity index (χ3n) is 6.74. The highest BCUT2D eigenvalue weighted by atomic mass is 16.2. The van der Waals surface area contributed by atoms with Gasteiger partial charge in [-0.05, 0) is 53.8 Å². The van der Waals surface area contributed by atoms with E-state index in [1.165, 1.54) is 5.56 Å². The summed E-state index contributed by atoms with van der Waals surface area (Å²) in [6.45, 7) is 2.12. The average Bonchev–Trinajstić information content (AvgIpc) is 3.59. The van der Waals surface area contributed by atoms with Gasteiger partial charge in [-0.15, -0.1) is 10.2 Å². The van der Waals surface area contributed by atoms with Crippen molar-refractivity contribution in [1.29, 1.82) is 0 Å². The Bertz CT molecular complexity index is 1450. The van der Waals surface area contributed by atoms with Crippen molar-refractivity contribution in [1.82, 2.24) is 29.3 Å². The first-order chi connectivity index (χ1) is 17.3. The van der Waals surface area contributed by atoms with Crippen LogP contribution in [-0.2, 0) is 6.54 Å². The third kappa shape index (κ3) is 4.21. The van der Waals surface area contributed by atoms with E-state index in [1.807, 2.05) is 74.9 Å². The van der Waals surface area contributed by atoms with Gasteiger partial charge < -0.3 is 4.90 Å². The Balaban J connectivity index is 1.24. The maximum atomic E-state index is 13.7. The molecule has 1 aliphatic rings. The molecule has 0 spiro atoms. The molecule has 1 unspecified atom stereocenters. The molecule has 174 valence electrons. The summed E-state index contributed by atoms with van der Waals surface area (Å²) in [5.41, 5.74) is 4.74. The molecule has 1 saturated heterocycles. The first-order valence-electron chi connectivity index (χ1n) is 12.0. The second-order valence-electron chi connectivity index (χ2n) is 9.02. The summed E-state index contributed by atoms with van der Waals surface area (Å²) in [5.74, 6) is 1.16. The smallest absolute Gasteiger partial charge is 0.254 e. The Labute approximate surface area is 203 Å². The Morgan fingerprint density at radius 2 is 1.77 bits per heavy atom. The molecule has 5 aromatic rings. The molecular formula is C28H26N6O. The summed E-state index contributed by atoms with van der Waals surface area (Å²) in [4.78, 5) is 15.7. The number of benzene rings is 2. The van der Waals surface area contributed by atoms with Crippen LogP contribution in [0.15, 0.2) is 91.4 Å². The minimum atomic E-state index is 0.0692. The molecule has 2 aromatic carbocycles. The van der Waals surface area contributed by atoms with E-state index >= 15 is 0 Å². The van der Waals surface area contributed by atoms with Crippen LogP contribution in [0.5, 0.6) is 0 Å². The van der Waals surface area contributed by atoms with Crippen LogP contribution in [0.2, 0.25) is 0 Å². The van der Waals surface area contributed by atoms with Crippen LogP contribution in [0, 0.1) is 0 Å². The minimum Gasteiger partial charge on any atom is -0.338 e. The molecule has 1 fully saturated rings. The van der Waals surface area contributed by atoms with Gasteiger partial charge in [0, 0.05) is 43.2 Å². The van der Waals surface area contributed by atoms with Crippen molar-refractivity contribution in [3.8, 4) is 11.1 Å². The van der Waals surface area contributed by atoms with Crippen LogP contribution >= 0.6 is 0 Å². The fourth-order valence-electron chi connectivity index (χ4n) is 4.97. The quantitative estimate of drug-likeness (QED) is 0.381. The topological polar surface area (TPSA) is 68.3 Å². The molecule has 0 radical (unpaired) electrons. The van der Waals surface area contributed by atoms with Gasteiger partial charge in [-0.3, -0.25) is 13.9 Å².